The predicted octanol–water partition coefficient (Wildman–Crippen LogP) is -1.10. The minimum Gasteiger partial charge on any atom is -0.480 e. The van der Waals surface area contributed by atoms with E-state index in [2.05, 4.69) is 4.99 Å². The molecule has 0 aliphatic carbocycles. The van der Waals surface area contributed by atoms with Crippen molar-refractivity contribution in [2.24, 2.45) is 16.5 Å². The van der Waals surface area contributed by atoms with Crippen molar-refractivity contribution in [3.05, 3.63) is 11.9 Å². The van der Waals surface area contributed by atoms with Crippen molar-refractivity contribution in [3.8, 4) is 0 Å². The third-order valence-corrected chi connectivity index (χ3v) is 0.659. The first-order valence-corrected chi connectivity index (χ1v) is 2.56. The topological polar surface area (TPSA) is 102 Å². The first kappa shape index (κ1) is 8.48. The normalized spacial score (nSPS) is 12.2. The molecule has 0 fully saturated rings. The van der Waals surface area contributed by atoms with Crippen LogP contribution < -0.4 is 11.5 Å². The van der Waals surface area contributed by atoms with Crippen LogP contribution in [-0.4, -0.2) is 23.8 Å². The van der Waals surface area contributed by atoms with Gasteiger partial charge < -0.3 is 16.6 Å². The van der Waals surface area contributed by atoms with Crippen LogP contribution in [0, 0.1) is 0 Å². The lowest BCUT2D eigenvalue weighted by atomic mass is 10.5. The number of aliphatic carboxylic acids is 1. The van der Waals surface area contributed by atoms with Crippen molar-refractivity contribution in [2.75, 3.05) is 6.54 Å². The number of nitrogens with two attached hydrogens (primary N) is 2. The summed E-state index contributed by atoms with van der Waals surface area (Å²) in [6, 6.07) is 0. The van der Waals surface area contributed by atoms with Gasteiger partial charge in [-0.2, -0.15) is 0 Å². The molecule has 0 aromatic rings. The highest BCUT2D eigenvalue weighted by molar-refractivity contribution is 5.79. The summed E-state index contributed by atoms with van der Waals surface area (Å²) in [4.78, 5) is 13.3. The summed E-state index contributed by atoms with van der Waals surface area (Å²) < 4.78 is 0. The fourth-order valence-electron chi connectivity index (χ4n) is 0.272. The van der Waals surface area contributed by atoms with Crippen molar-refractivity contribution in [1.29, 1.82) is 0 Å². The summed E-state index contributed by atoms with van der Waals surface area (Å²) >= 11 is 0. The molecule has 0 radical (unpaired) electrons. The van der Waals surface area contributed by atoms with Gasteiger partial charge in [0.25, 0.3) is 0 Å². The van der Waals surface area contributed by atoms with Gasteiger partial charge in [0.1, 0.15) is 6.54 Å². The SMILES string of the molecule is N/C=C(/N)C=NCC(=O)O. The molecule has 5 N–H and O–H groups in total. The van der Waals surface area contributed by atoms with Crippen LogP contribution in [0.1, 0.15) is 0 Å². The quantitative estimate of drug-likeness (QED) is 0.436. The molecule has 0 spiro atoms. The van der Waals surface area contributed by atoms with E-state index in [4.69, 9.17) is 16.6 Å². The van der Waals surface area contributed by atoms with Crippen molar-refractivity contribution in [2.45, 2.75) is 0 Å². The molecule has 0 aromatic carbocycles. The fraction of sp³-hybridized carbons (Fsp3) is 0.200. The lowest BCUT2D eigenvalue weighted by molar-refractivity contribution is -0.135. The van der Waals surface area contributed by atoms with Crippen LogP contribution in [-0.2, 0) is 4.79 Å². The highest BCUT2D eigenvalue weighted by Crippen LogP contribution is 1.73. The number of aliphatic imine (C=N–C) groups is 1. The number of hydrogen-bond donors (Lipinski definition) is 3. The Morgan fingerprint density at radius 1 is 1.70 bits per heavy atom. The van der Waals surface area contributed by atoms with Gasteiger partial charge in [0.2, 0.25) is 0 Å². The predicted molar refractivity (Wildman–Crippen MR) is 37.5 cm³/mol. The number of allylic oxidation sites excluding steroid dienone is 1. The average molecular weight is 143 g/mol. The number of hydrogen-bond acceptors (Lipinski definition) is 4. The second-order valence-electron chi connectivity index (χ2n) is 1.53. The highest BCUT2D eigenvalue weighted by Gasteiger charge is 1.89. The zero-order valence-electron chi connectivity index (χ0n) is 5.32. The average Bonchev–Trinajstić information content (AvgIpc) is 1.87. The van der Waals surface area contributed by atoms with Crippen molar-refractivity contribution in [1.82, 2.24) is 0 Å². The maximum absolute atomic E-state index is 9.86. The van der Waals surface area contributed by atoms with Gasteiger partial charge in [-0.25, -0.2) is 0 Å². The molecule has 0 amide bonds. The summed E-state index contributed by atoms with van der Waals surface area (Å²) in [5, 5.41) is 8.09. The van der Waals surface area contributed by atoms with Crippen molar-refractivity contribution >= 4 is 12.2 Å². The molecule has 5 heteroatoms. The molecule has 0 saturated carbocycles. The fourth-order valence-corrected chi connectivity index (χ4v) is 0.272. The number of nitrogens with zero attached hydrogens (tertiary/aromatic N) is 1. The van der Waals surface area contributed by atoms with Crippen LogP contribution in [0.15, 0.2) is 16.9 Å². The second-order valence-corrected chi connectivity index (χ2v) is 1.53. The van der Waals surface area contributed by atoms with Crippen LogP contribution in [0.5, 0.6) is 0 Å². The standard InChI is InChI=1S/C5H9N3O2/c6-1-4(7)2-8-3-5(9)10/h1-2H,3,6-7H2,(H,9,10)/b4-1+,8-2?. The third-order valence-electron chi connectivity index (χ3n) is 0.659. The monoisotopic (exact) mass is 143 g/mol. The van der Waals surface area contributed by atoms with Crippen molar-refractivity contribution in [3.63, 3.8) is 0 Å². The van der Waals surface area contributed by atoms with E-state index in [0.717, 1.165) is 6.20 Å². The molecule has 56 valence electrons. The smallest absolute Gasteiger partial charge is 0.325 e. The minimum atomic E-state index is -0.999. The Labute approximate surface area is 58.0 Å². The van der Waals surface area contributed by atoms with E-state index in [1.165, 1.54) is 6.21 Å². The maximum Gasteiger partial charge on any atom is 0.325 e. The Morgan fingerprint density at radius 2 is 2.30 bits per heavy atom. The zero-order chi connectivity index (χ0) is 7.98. The summed E-state index contributed by atoms with van der Waals surface area (Å²) in [5.74, 6) is -0.999. The summed E-state index contributed by atoms with van der Waals surface area (Å²) in [5.41, 5.74) is 10.4. The summed E-state index contributed by atoms with van der Waals surface area (Å²) in [6.45, 7) is -0.283. The van der Waals surface area contributed by atoms with E-state index in [0.29, 0.717) is 0 Å². The van der Waals surface area contributed by atoms with Gasteiger partial charge in [-0.3, -0.25) is 9.79 Å². The Balaban J connectivity index is 3.67. The summed E-state index contributed by atoms with van der Waals surface area (Å²) in [7, 11) is 0. The number of carboxylic acids is 1. The lowest BCUT2D eigenvalue weighted by Crippen LogP contribution is -2.04. The molecule has 0 atom stereocenters. The highest BCUT2D eigenvalue weighted by atomic mass is 16.4. The Hall–Kier alpha value is -1.52. The van der Waals surface area contributed by atoms with E-state index >= 15 is 0 Å². The maximum atomic E-state index is 9.86. The molecule has 0 aliphatic rings. The third kappa shape index (κ3) is 4.63. The molecule has 0 saturated heterocycles. The molecule has 0 bridgehead atoms. The van der Waals surface area contributed by atoms with Gasteiger partial charge in [-0.05, 0) is 0 Å². The Morgan fingerprint density at radius 3 is 2.70 bits per heavy atom. The molecule has 0 unspecified atom stereocenters. The minimum absolute atomic E-state index is 0.251. The molecule has 5 nitrogen and oxygen atoms in total. The van der Waals surface area contributed by atoms with E-state index in [-0.39, 0.29) is 12.2 Å². The van der Waals surface area contributed by atoms with Crippen molar-refractivity contribution < 1.29 is 9.90 Å². The number of rotatable bonds is 3. The van der Waals surface area contributed by atoms with Gasteiger partial charge in [-0.15, -0.1) is 0 Å². The van der Waals surface area contributed by atoms with Gasteiger partial charge >= 0.3 is 5.97 Å². The number of carbonyl (C=O) groups is 1. The van der Waals surface area contributed by atoms with Crippen LogP contribution in [0.4, 0.5) is 0 Å². The molecule has 0 rings (SSSR count). The van der Waals surface area contributed by atoms with Crippen LogP contribution in [0.2, 0.25) is 0 Å². The van der Waals surface area contributed by atoms with E-state index in [1.807, 2.05) is 0 Å². The Bertz CT molecular complexity index is 174. The first-order chi connectivity index (χ1) is 4.66. The zero-order valence-corrected chi connectivity index (χ0v) is 5.32. The van der Waals surface area contributed by atoms with Crippen LogP contribution >= 0.6 is 0 Å². The largest absolute Gasteiger partial charge is 0.480 e. The first-order valence-electron chi connectivity index (χ1n) is 2.56. The van der Waals surface area contributed by atoms with Gasteiger partial charge in [0.05, 0.1) is 5.70 Å². The molecular formula is C5H9N3O2. The summed E-state index contributed by atoms with van der Waals surface area (Å²) in [6.07, 6.45) is 2.35. The second kappa shape index (κ2) is 4.37. The molecular weight excluding hydrogens is 134 g/mol. The van der Waals surface area contributed by atoms with E-state index < -0.39 is 5.97 Å². The molecule has 10 heavy (non-hydrogen) atoms. The molecule has 0 heterocycles. The lowest BCUT2D eigenvalue weighted by Gasteiger charge is -1.86. The molecule has 0 aliphatic heterocycles. The van der Waals surface area contributed by atoms with Gasteiger partial charge in [0, 0.05) is 12.4 Å². The van der Waals surface area contributed by atoms with E-state index in [9.17, 15) is 4.79 Å². The van der Waals surface area contributed by atoms with Crippen LogP contribution in [0.25, 0.3) is 0 Å². The van der Waals surface area contributed by atoms with Gasteiger partial charge in [-0.1, -0.05) is 0 Å². The number of carboxylic acid groups (broad SMARTS) is 1. The molecule has 0 aromatic heterocycles. The van der Waals surface area contributed by atoms with Gasteiger partial charge in [0.15, 0.2) is 0 Å². The Kier molecular flexibility index (Phi) is 3.70. The van der Waals surface area contributed by atoms with Crippen LogP contribution in [0.3, 0.4) is 0 Å². The van der Waals surface area contributed by atoms with E-state index in [1.54, 1.807) is 0 Å².